The number of esters is 1. The molecule has 0 saturated heterocycles. The fraction of sp³-hybridized carbons (Fsp3) is 0.167. The van der Waals surface area contributed by atoms with Gasteiger partial charge in [0.2, 0.25) is 0 Å². The van der Waals surface area contributed by atoms with Crippen molar-refractivity contribution in [1.82, 2.24) is 4.98 Å². The Kier molecular flexibility index (Phi) is 5.34. The summed E-state index contributed by atoms with van der Waals surface area (Å²) in [6.07, 6.45) is 3.46. The van der Waals surface area contributed by atoms with E-state index < -0.39 is 5.97 Å². The standard InChI is InChI=1S/C18H14Cl3NO2/c19-13-4-6-17-14(9-13)12(10-22-17)2-1-7-24-18(23)11-3-5-15(20)16(21)8-11/h3-6,8-10,22H,1-2,7H2. The van der Waals surface area contributed by atoms with Gasteiger partial charge in [-0.3, -0.25) is 0 Å². The van der Waals surface area contributed by atoms with Crippen LogP contribution in [0, 0.1) is 0 Å². The van der Waals surface area contributed by atoms with Crippen molar-refractivity contribution in [2.24, 2.45) is 0 Å². The number of aromatic nitrogens is 1. The van der Waals surface area contributed by atoms with Gasteiger partial charge in [-0.1, -0.05) is 34.8 Å². The fourth-order valence-electron chi connectivity index (χ4n) is 2.49. The average molecular weight is 383 g/mol. The van der Waals surface area contributed by atoms with E-state index in [1.165, 1.54) is 6.07 Å². The minimum absolute atomic E-state index is 0.326. The molecule has 2 aromatic carbocycles. The molecular formula is C18H14Cl3NO2. The van der Waals surface area contributed by atoms with Gasteiger partial charge < -0.3 is 9.72 Å². The van der Waals surface area contributed by atoms with Crippen LogP contribution in [0.1, 0.15) is 22.3 Å². The van der Waals surface area contributed by atoms with E-state index in [1.807, 2.05) is 24.4 Å². The van der Waals surface area contributed by atoms with Gasteiger partial charge in [-0.25, -0.2) is 4.79 Å². The molecule has 6 heteroatoms. The molecule has 1 heterocycles. The molecule has 0 aliphatic rings. The van der Waals surface area contributed by atoms with Crippen LogP contribution in [0.3, 0.4) is 0 Å². The third-order valence-electron chi connectivity index (χ3n) is 3.71. The predicted molar refractivity (Wildman–Crippen MR) is 98.4 cm³/mol. The van der Waals surface area contributed by atoms with Crippen molar-refractivity contribution in [3.8, 4) is 0 Å². The van der Waals surface area contributed by atoms with E-state index in [0.717, 1.165) is 22.9 Å². The van der Waals surface area contributed by atoms with Crippen LogP contribution in [0.4, 0.5) is 0 Å². The van der Waals surface area contributed by atoms with Gasteiger partial charge in [-0.2, -0.15) is 0 Å². The van der Waals surface area contributed by atoms with Crippen LogP contribution in [-0.4, -0.2) is 17.6 Å². The highest BCUT2D eigenvalue weighted by atomic mass is 35.5. The van der Waals surface area contributed by atoms with E-state index in [-0.39, 0.29) is 0 Å². The second-order valence-corrected chi connectivity index (χ2v) is 6.62. The van der Waals surface area contributed by atoms with Crippen LogP contribution in [-0.2, 0) is 11.2 Å². The number of rotatable bonds is 5. The van der Waals surface area contributed by atoms with Crippen LogP contribution in [0.15, 0.2) is 42.6 Å². The van der Waals surface area contributed by atoms with Crippen molar-refractivity contribution >= 4 is 51.7 Å². The lowest BCUT2D eigenvalue weighted by atomic mass is 10.1. The van der Waals surface area contributed by atoms with Crippen molar-refractivity contribution < 1.29 is 9.53 Å². The summed E-state index contributed by atoms with van der Waals surface area (Å²) in [5.74, 6) is -0.407. The average Bonchev–Trinajstić information content (AvgIpc) is 2.96. The molecule has 0 spiro atoms. The minimum Gasteiger partial charge on any atom is -0.462 e. The lowest BCUT2D eigenvalue weighted by molar-refractivity contribution is 0.0500. The molecule has 1 aromatic heterocycles. The monoisotopic (exact) mass is 381 g/mol. The van der Waals surface area contributed by atoms with Gasteiger partial charge in [-0.15, -0.1) is 0 Å². The Morgan fingerprint density at radius 1 is 1.04 bits per heavy atom. The fourth-order valence-corrected chi connectivity index (χ4v) is 2.96. The van der Waals surface area contributed by atoms with Crippen molar-refractivity contribution in [3.63, 3.8) is 0 Å². The number of fused-ring (bicyclic) bond motifs is 1. The molecular weight excluding hydrogens is 369 g/mol. The van der Waals surface area contributed by atoms with Gasteiger partial charge >= 0.3 is 5.97 Å². The molecule has 0 bridgehead atoms. The number of carbonyl (C=O) groups excluding carboxylic acids is 1. The number of halogens is 3. The molecule has 0 fully saturated rings. The maximum atomic E-state index is 12.0. The number of aromatic amines is 1. The van der Waals surface area contributed by atoms with Crippen molar-refractivity contribution in [2.45, 2.75) is 12.8 Å². The largest absolute Gasteiger partial charge is 0.462 e. The summed E-state index contributed by atoms with van der Waals surface area (Å²) in [7, 11) is 0. The summed E-state index contributed by atoms with van der Waals surface area (Å²) in [5.41, 5.74) is 2.59. The van der Waals surface area contributed by atoms with E-state index in [1.54, 1.807) is 12.1 Å². The van der Waals surface area contributed by atoms with Gasteiger partial charge in [0, 0.05) is 22.1 Å². The van der Waals surface area contributed by atoms with E-state index in [2.05, 4.69) is 4.98 Å². The third kappa shape index (κ3) is 3.86. The Morgan fingerprint density at radius 3 is 2.67 bits per heavy atom. The number of aryl methyl sites for hydroxylation is 1. The normalized spacial score (nSPS) is 11.0. The minimum atomic E-state index is -0.407. The molecule has 0 unspecified atom stereocenters. The van der Waals surface area contributed by atoms with Gasteiger partial charge in [0.05, 0.1) is 22.2 Å². The molecule has 0 radical (unpaired) electrons. The molecule has 0 saturated carbocycles. The smallest absolute Gasteiger partial charge is 0.338 e. The highest BCUT2D eigenvalue weighted by Gasteiger charge is 2.10. The van der Waals surface area contributed by atoms with Crippen LogP contribution >= 0.6 is 34.8 Å². The van der Waals surface area contributed by atoms with Gasteiger partial charge in [0.25, 0.3) is 0 Å². The van der Waals surface area contributed by atoms with E-state index in [4.69, 9.17) is 39.5 Å². The highest BCUT2D eigenvalue weighted by Crippen LogP contribution is 2.24. The zero-order valence-electron chi connectivity index (χ0n) is 12.6. The van der Waals surface area contributed by atoms with Crippen molar-refractivity contribution in [3.05, 3.63) is 68.8 Å². The van der Waals surface area contributed by atoms with Gasteiger partial charge in [-0.05, 0) is 54.8 Å². The van der Waals surface area contributed by atoms with E-state index in [9.17, 15) is 4.79 Å². The summed E-state index contributed by atoms with van der Waals surface area (Å²) >= 11 is 17.8. The zero-order valence-corrected chi connectivity index (χ0v) is 14.9. The SMILES string of the molecule is O=C(OCCCc1c[nH]c2ccc(Cl)cc12)c1ccc(Cl)c(Cl)c1. The van der Waals surface area contributed by atoms with Gasteiger partial charge in [0.1, 0.15) is 0 Å². The Bertz CT molecular complexity index is 889. The first-order chi connectivity index (χ1) is 11.5. The molecule has 3 aromatic rings. The number of ether oxygens (including phenoxy) is 1. The summed E-state index contributed by atoms with van der Waals surface area (Å²) < 4.78 is 5.28. The second kappa shape index (κ2) is 7.47. The lowest BCUT2D eigenvalue weighted by Gasteiger charge is -2.06. The van der Waals surface area contributed by atoms with E-state index >= 15 is 0 Å². The van der Waals surface area contributed by atoms with Gasteiger partial charge in [0.15, 0.2) is 0 Å². The van der Waals surface area contributed by atoms with Crippen molar-refractivity contribution in [1.29, 1.82) is 0 Å². The summed E-state index contributed by atoms with van der Waals surface area (Å²) in [5, 5.41) is 2.54. The first-order valence-corrected chi connectivity index (χ1v) is 8.55. The summed E-state index contributed by atoms with van der Waals surface area (Å²) in [4.78, 5) is 15.2. The molecule has 3 nitrogen and oxygen atoms in total. The molecule has 3 rings (SSSR count). The topological polar surface area (TPSA) is 42.1 Å². The highest BCUT2D eigenvalue weighted by molar-refractivity contribution is 6.42. The maximum Gasteiger partial charge on any atom is 0.338 e. The molecule has 0 aliphatic heterocycles. The summed E-state index contributed by atoms with van der Waals surface area (Å²) in [6.45, 7) is 0.326. The molecule has 0 aliphatic carbocycles. The third-order valence-corrected chi connectivity index (χ3v) is 4.68. The number of carbonyl (C=O) groups is 1. The van der Waals surface area contributed by atoms with Crippen molar-refractivity contribution in [2.75, 3.05) is 6.61 Å². The van der Waals surface area contributed by atoms with Crippen LogP contribution < -0.4 is 0 Å². The number of H-pyrrole nitrogens is 1. The Balaban J connectivity index is 1.55. The Hall–Kier alpha value is -1.68. The van der Waals surface area contributed by atoms with Crippen LogP contribution in [0.25, 0.3) is 10.9 Å². The number of nitrogens with one attached hydrogen (secondary N) is 1. The quantitative estimate of drug-likeness (QED) is 0.440. The second-order valence-electron chi connectivity index (χ2n) is 5.37. The maximum absolute atomic E-state index is 12.0. The molecule has 1 N–H and O–H groups in total. The Labute approximate surface area is 154 Å². The molecule has 124 valence electrons. The van der Waals surface area contributed by atoms with Crippen LogP contribution in [0.5, 0.6) is 0 Å². The number of hydrogen-bond donors (Lipinski definition) is 1. The molecule has 0 atom stereocenters. The number of benzene rings is 2. The first kappa shape index (κ1) is 17.2. The predicted octanol–water partition coefficient (Wildman–Crippen LogP) is 5.92. The van der Waals surface area contributed by atoms with Crippen LogP contribution in [0.2, 0.25) is 15.1 Å². The number of hydrogen-bond acceptors (Lipinski definition) is 2. The van der Waals surface area contributed by atoms with E-state index in [0.29, 0.717) is 33.7 Å². The first-order valence-electron chi connectivity index (χ1n) is 7.42. The lowest BCUT2D eigenvalue weighted by Crippen LogP contribution is -2.07. The zero-order chi connectivity index (χ0) is 17.1. The Morgan fingerprint density at radius 2 is 1.88 bits per heavy atom. The molecule has 24 heavy (non-hydrogen) atoms. The summed E-state index contributed by atoms with van der Waals surface area (Å²) in [6, 6.07) is 10.4. The molecule has 0 amide bonds.